The van der Waals surface area contributed by atoms with Gasteiger partial charge in [-0.05, 0) is 170 Å². The SMILES string of the molecule is COc1ccc(N(c2ccc(NC(=O)c3ccc(C(=O)Nc4ccc(N(c5ccc(OC)cc5)c5ccc(OC)cc5)cc4)cc3)cc2)c2ccc(OC)cc2)cc1. The first-order valence-electron chi connectivity index (χ1n) is 18.4. The van der Waals surface area contributed by atoms with Crippen LogP contribution >= 0.6 is 0 Å². The molecule has 0 fully saturated rings. The van der Waals surface area contributed by atoms with Gasteiger partial charge in [-0.15, -0.1) is 0 Å². The lowest BCUT2D eigenvalue weighted by atomic mass is 10.1. The van der Waals surface area contributed by atoms with E-state index in [1.165, 1.54) is 0 Å². The molecule has 7 aromatic rings. The molecule has 0 unspecified atom stereocenters. The van der Waals surface area contributed by atoms with Gasteiger partial charge in [-0.2, -0.15) is 0 Å². The Hall–Kier alpha value is -7.72. The van der Waals surface area contributed by atoms with E-state index in [0.717, 1.165) is 57.1 Å². The predicted molar refractivity (Wildman–Crippen MR) is 231 cm³/mol. The van der Waals surface area contributed by atoms with Gasteiger partial charge in [0.2, 0.25) is 0 Å². The maximum atomic E-state index is 13.3. The fraction of sp³-hybridized carbons (Fsp3) is 0.0833. The highest BCUT2D eigenvalue weighted by atomic mass is 16.5. The fourth-order valence-corrected chi connectivity index (χ4v) is 6.39. The molecule has 0 aliphatic carbocycles. The van der Waals surface area contributed by atoms with Crippen LogP contribution in [0.5, 0.6) is 23.0 Å². The summed E-state index contributed by atoms with van der Waals surface area (Å²) in [5.74, 6) is 2.45. The third-order valence-electron chi connectivity index (χ3n) is 9.50. The van der Waals surface area contributed by atoms with Crippen molar-refractivity contribution in [1.82, 2.24) is 0 Å². The third kappa shape index (κ3) is 8.87. The largest absolute Gasteiger partial charge is 0.497 e. The lowest BCUT2D eigenvalue weighted by Crippen LogP contribution is -2.15. The van der Waals surface area contributed by atoms with Gasteiger partial charge in [0.1, 0.15) is 23.0 Å². The summed E-state index contributed by atoms with van der Waals surface area (Å²) in [6.07, 6.45) is 0. The van der Waals surface area contributed by atoms with Crippen molar-refractivity contribution in [2.45, 2.75) is 0 Å². The average molecular weight is 771 g/mol. The summed E-state index contributed by atoms with van der Waals surface area (Å²) in [4.78, 5) is 30.7. The number of benzene rings is 7. The lowest BCUT2D eigenvalue weighted by molar-refractivity contribution is 0.101. The molecule has 7 aromatic carbocycles. The number of amides is 2. The molecule has 0 radical (unpaired) electrons. The molecule has 0 saturated carbocycles. The summed E-state index contributed by atoms with van der Waals surface area (Å²) in [6.45, 7) is 0. The van der Waals surface area contributed by atoms with Crippen molar-refractivity contribution in [3.05, 3.63) is 181 Å². The Bertz CT molecular complexity index is 2170. The van der Waals surface area contributed by atoms with Crippen LogP contribution < -0.4 is 39.4 Å². The Morgan fingerprint density at radius 3 is 0.741 bits per heavy atom. The smallest absolute Gasteiger partial charge is 0.255 e. The number of rotatable bonds is 14. The maximum Gasteiger partial charge on any atom is 0.255 e. The molecule has 0 aliphatic rings. The maximum absolute atomic E-state index is 13.3. The number of carbonyl (C=O) groups excluding carboxylic acids is 2. The molecule has 7 rings (SSSR count). The van der Waals surface area contributed by atoms with E-state index < -0.39 is 0 Å². The molecular formula is C48H42N4O6. The summed E-state index contributed by atoms with van der Waals surface area (Å²) in [5, 5.41) is 5.93. The number of carbonyl (C=O) groups is 2. The van der Waals surface area contributed by atoms with Crippen LogP contribution in [-0.4, -0.2) is 40.3 Å². The van der Waals surface area contributed by atoms with E-state index in [0.29, 0.717) is 22.5 Å². The second-order valence-electron chi connectivity index (χ2n) is 13.0. The summed E-state index contributed by atoms with van der Waals surface area (Å²) < 4.78 is 21.5. The Morgan fingerprint density at radius 1 is 0.328 bits per heavy atom. The van der Waals surface area contributed by atoms with Gasteiger partial charge < -0.3 is 39.4 Å². The van der Waals surface area contributed by atoms with Gasteiger partial charge in [0.05, 0.1) is 28.4 Å². The second kappa shape index (κ2) is 17.8. The van der Waals surface area contributed by atoms with E-state index in [1.807, 2.05) is 146 Å². The molecule has 0 aliphatic heterocycles. The average Bonchev–Trinajstić information content (AvgIpc) is 3.28. The van der Waals surface area contributed by atoms with E-state index in [4.69, 9.17) is 18.9 Å². The first-order chi connectivity index (χ1) is 28.3. The summed E-state index contributed by atoms with van der Waals surface area (Å²) >= 11 is 0. The highest BCUT2D eigenvalue weighted by Gasteiger charge is 2.16. The van der Waals surface area contributed by atoms with Crippen LogP contribution in [0.2, 0.25) is 0 Å². The number of nitrogens with one attached hydrogen (secondary N) is 2. The molecule has 0 spiro atoms. The van der Waals surface area contributed by atoms with Crippen molar-refractivity contribution in [1.29, 1.82) is 0 Å². The number of methoxy groups -OCH3 is 4. The molecular weight excluding hydrogens is 729 g/mol. The Morgan fingerprint density at radius 2 is 0.534 bits per heavy atom. The monoisotopic (exact) mass is 770 g/mol. The van der Waals surface area contributed by atoms with E-state index >= 15 is 0 Å². The van der Waals surface area contributed by atoms with Crippen molar-refractivity contribution in [3.8, 4) is 23.0 Å². The number of ether oxygens (including phenoxy) is 4. The van der Waals surface area contributed by atoms with E-state index in [2.05, 4.69) is 20.4 Å². The van der Waals surface area contributed by atoms with Gasteiger partial charge in [0.25, 0.3) is 11.8 Å². The Labute approximate surface area is 337 Å². The number of anilines is 8. The number of hydrogen-bond donors (Lipinski definition) is 2. The van der Waals surface area contributed by atoms with E-state index in [9.17, 15) is 9.59 Å². The van der Waals surface area contributed by atoms with Crippen molar-refractivity contribution in [3.63, 3.8) is 0 Å². The first-order valence-corrected chi connectivity index (χ1v) is 18.4. The van der Waals surface area contributed by atoms with Crippen molar-refractivity contribution >= 4 is 57.3 Å². The van der Waals surface area contributed by atoms with E-state index in [-0.39, 0.29) is 11.8 Å². The zero-order valence-electron chi connectivity index (χ0n) is 32.5. The summed E-state index contributed by atoms with van der Waals surface area (Å²) in [5.41, 5.74) is 7.61. The van der Waals surface area contributed by atoms with Gasteiger partial charge in [-0.3, -0.25) is 9.59 Å². The third-order valence-corrected chi connectivity index (χ3v) is 9.50. The molecule has 10 nitrogen and oxygen atoms in total. The molecule has 0 aromatic heterocycles. The van der Waals surface area contributed by atoms with Crippen LogP contribution in [0.4, 0.5) is 45.5 Å². The molecule has 0 atom stereocenters. The number of hydrogen-bond acceptors (Lipinski definition) is 8. The molecule has 0 saturated heterocycles. The topological polar surface area (TPSA) is 102 Å². The van der Waals surface area contributed by atoms with Gasteiger partial charge in [-0.25, -0.2) is 0 Å². The van der Waals surface area contributed by atoms with Crippen LogP contribution in [0.3, 0.4) is 0 Å². The van der Waals surface area contributed by atoms with Gasteiger partial charge in [0.15, 0.2) is 0 Å². The van der Waals surface area contributed by atoms with Crippen LogP contribution in [0, 0.1) is 0 Å². The fourth-order valence-electron chi connectivity index (χ4n) is 6.39. The first kappa shape index (κ1) is 38.6. The standard InChI is InChI=1S/C48H42N4O6/c1-55-43-25-17-39(18-26-43)51(40-19-27-44(56-2)28-20-40)37-13-9-35(10-14-37)49-47(53)33-5-7-34(8-6-33)48(54)50-36-11-15-38(16-12-36)52(41-21-29-45(57-3)30-22-41)42-23-31-46(58-4)32-24-42/h5-32H,1-4H3,(H,49,53)(H,50,54). The molecule has 290 valence electrons. The van der Waals surface area contributed by atoms with Crippen LogP contribution in [0.15, 0.2) is 170 Å². The normalized spacial score (nSPS) is 10.6. The predicted octanol–water partition coefficient (Wildman–Crippen LogP) is 11.2. The van der Waals surface area contributed by atoms with Gasteiger partial charge in [-0.1, -0.05) is 0 Å². The van der Waals surface area contributed by atoms with Crippen LogP contribution in [-0.2, 0) is 0 Å². The highest BCUT2D eigenvalue weighted by molar-refractivity contribution is 6.07. The van der Waals surface area contributed by atoms with E-state index in [1.54, 1.807) is 52.7 Å². The minimum atomic E-state index is -0.296. The van der Waals surface area contributed by atoms with Gasteiger partial charge in [0, 0.05) is 56.6 Å². The minimum Gasteiger partial charge on any atom is -0.497 e. The van der Waals surface area contributed by atoms with Crippen molar-refractivity contribution < 1.29 is 28.5 Å². The minimum absolute atomic E-state index is 0.296. The molecule has 0 bridgehead atoms. The Balaban J connectivity index is 1.01. The molecule has 10 heteroatoms. The Kier molecular flexibility index (Phi) is 11.8. The van der Waals surface area contributed by atoms with Crippen molar-refractivity contribution in [2.75, 3.05) is 48.9 Å². The van der Waals surface area contributed by atoms with Crippen LogP contribution in [0.25, 0.3) is 0 Å². The number of nitrogens with zero attached hydrogens (tertiary/aromatic N) is 2. The van der Waals surface area contributed by atoms with Crippen LogP contribution in [0.1, 0.15) is 20.7 Å². The van der Waals surface area contributed by atoms with Crippen molar-refractivity contribution in [2.24, 2.45) is 0 Å². The van der Waals surface area contributed by atoms with Gasteiger partial charge >= 0.3 is 0 Å². The highest BCUT2D eigenvalue weighted by Crippen LogP contribution is 2.38. The zero-order valence-corrected chi connectivity index (χ0v) is 32.5. The zero-order chi connectivity index (χ0) is 40.4. The molecule has 0 heterocycles. The molecule has 2 N–H and O–H groups in total. The quantitative estimate of drug-likeness (QED) is 0.113. The summed E-state index contributed by atoms with van der Waals surface area (Å²) in [7, 11) is 6.55. The molecule has 2 amide bonds. The second-order valence-corrected chi connectivity index (χ2v) is 13.0. The lowest BCUT2D eigenvalue weighted by Gasteiger charge is -2.26. The summed E-state index contributed by atoms with van der Waals surface area (Å²) in [6, 6.07) is 52.9. The molecule has 58 heavy (non-hydrogen) atoms.